The number of fused-ring (bicyclic) bond motifs is 2. The highest BCUT2D eigenvalue weighted by molar-refractivity contribution is 5.99. The maximum Gasteiger partial charge on any atom is 0.291 e. The molecule has 33 heavy (non-hydrogen) atoms. The lowest BCUT2D eigenvalue weighted by molar-refractivity contribution is 0.0714. The highest BCUT2D eigenvalue weighted by Crippen LogP contribution is 2.40. The van der Waals surface area contributed by atoms with Gasteiger partial charge in [0, 0.05) is 6.54 Å². The van der Waals surface area contributed by atoms with Crippen LogP contribution in [-0.2, 0) is 6.54 Å². The monoisotopic (exact) mass is 443 g/mol. The third kappa shape index (κ3) is 3.67. The van der Waals surface area contributed by atoms with Gasteiger partial charge >= 0.3 is 0 Å². The maximum absolute atomic E-state index is 13.9. The van der Waals surface area contributed by atoms with Crippen LogP contribution in [0.1, 0.15) is 45.8 Å². The lowest BCUT2D eigenvalue weighted by Crippen LogP contribution is -2.29. The summed E-state index contributed by atoms with van der Waals surface area (Å²) in [6, 6.07) is 18.3. The van der Waals surface area contributed by atoms with Crippen LogP contribution >= 0.6 is 0 Å². The molecular weight excluding hydrogens is 421 g/mol. The van der Waals surface area contributed by atoms with Crippen LogP contribution in [0.15, 0.2) is 75.9 Å². The molecule has 0 saturated carbocycles. The molecule has 1 aliphatic heterocycles. The molecule has 0 saturated heterocycles. The van der Waals surface area contributed by atoms with Crippen LogP contribution in [0.4, 0.5) is 4.39 Å². The Bertz CT molecular complexity index is 1420. The molecule has 0 spiro atoms. The number of halogens is 1. The van der Waals surface area contributed by atoms with E-state index in [-0.39, 0.29) is 34.7 Å². The number of hydrogen-bond acceptors (Lipinski definition) is 4. The topological polar surface area (TPSA) is 59.8 Å². The SMILES string of the molecule is CCOc1cccc(C2c3c(oc4ccc(F)cc4c3=O)C(=O)N2Cc2ccc(C)cc2)c1. The first kappa shape index (κ1) is 20.9. The number of ether oxygens (including phenoxy) is 1. The van der Waals surface area contributed by atoms with Crippen molar-refractivity contribution < 1.29 is 18.3 Å². The smallest absolute Gasteiger partial charge is 0.291 e. The van der Waals surface area contributed by atoms with Crippen LogP contribution in [0.5, 0.6) is 5.75 Å². The summed E-state index contributed by atoms with van der Waals surface area (Å²) in [6.45, 7) is 4.66. The summed E-state index contributed by atoms with van der Waals surface area (Å²) in [5.74, 6) is -0.272. The molecule has 1 amide bonds. The molecule has 1 aromatic heterocycles. The fourth-order valence-electron chi connectivity index (χ4n) is 4.33. The van der Waals surface area contributed by atoms with Gasteiger partial charge in [-0.15, -0.1) is 0 Å². The van der Waals surface area contributed by atoms with Gasteiger partial charge in [0.15, 0.2) is 5.43 Å². The first-order valence-corrected chi connectivity index (χ1v) is 10.8. The second kappa shape index (κ2) is 8.20. The van der Waals surface area contributed by atoms with Gasteiger partial charge in [0.1, 0.15) is 17.1 Å². The molecular formula is C27H22FNO4. The average Bonchev–Trinajstić information content (AvgIpc) is 3.08. The summed E-state index contributed by atoms with van der Waals surface area (Å²) in [7, 11) is 0. The van der Waals surface area contributed by atoms with E-state index in [9.17, 15) is 14.0 Å². The van der Waals surface area contributed by atoms with Crippen LogP contribution in [-0.4, -0.2) is 17.4 Å². The van der Waals surface area contributed by atoms with Crippen molar-refractivity contribution in [1.82, 2.24) is 4.90 Å². The molecule has 0 radical (unpaired) electrons. The van der Waals surface area contributed by atoms with Crippen molar-refractivity contribution in [3.63, 3.8) is 0 Å². The van der Waals surface area contributed by atoms with E-state index in [1.807, 2.05) is 62.4 Å². The van der Waals surface area contributed by atoms with Crippen molar-refractivity contribution in [2.24, 2.45) is 0 Å². The molecule has 2 heterocycles. The molecule has 5 nitrogen and oxygen atoms in total. The first-order valence-electron chi connectivity index (χ1n) is 10.8. The predicted molar refractivity (Wildman–Crippen MR) is 123 cm³/mol. The summed E-state index contributed by atoms with van der Waals surface area (Å²) >= 11 is 0. The van der Waals surface area contributed by atoms with Gasteiger partial charge < -0.3 is 14.1 Å². The highest BCUT2D eigenvalue weighted by atomic mass is 19.1. The lowest BCUT2D eigenvalue weighted by Gasteiger charge is -2.25. The normalized spacial score (nSPS) is 15.2. The van der Waals surface area contributed by atoms with Gasteiger partial charge in [-0.3, -0.25) is 9.59 Å². The molecule has 4 aromatic rings. The minimum Gasteiger partial charge on any atom is -0.494 e. The largest absolute Gasteiger partial charge is 0.494 e. The van der Waals surface area contributed by atoms with Gasteiger partial charge in [0.25, 0.3) is 5.91 Å². The number of carbonyl (C=O) groups is 1. The molecule has 1 atom stereocenters. The number of amides is 1. The Morgan fingerprint density at radius 1 is 1.03 bits per heavy atom. The van der Waals surface area contributed by atoms with Crippen LogP contribution < -0.4 is 10.2 Å². The fraction of sp³-hybridized carbons (Fsp3) is 0.185. The standard InChI is InChI=1S/C27H22FNO4/c1-3-32-20-6-4-5-18(13-20)24-23-25(30)21-14-19(28)11-12-22(21)33-26(23)27(31)29(24)15-17-9-7-16(2)8-10-17/h4-14,24H,3,15H2,1-2H3. The van der Waals surface area contributed by atoms with Crippen molar-refractivity contribution >= 4 is 16.9 Å². The zero-order valence-electron chi connectivity index (χ0n) is 18.3. The Morgan fingerprint density at radius 2 is 1.82 bits per heavy atom. The molecule has 5 rings (SSSR count). The molecule has 6 heteroatoms. The van der Waals surface area contributed by atoms with E-state index < -0.39 is 17.3 Å². The number of carbonyl (C=O) groups excluding carboxylic acids is 1. The van der Waals surface area contributed by atoms with Crippen molar-refractivity contribution in [2.45, 2.75) is 26.4 Å². The maximum atomic E-state index is 13.9. The van der Waals surface area contributed by atoms with Crippen LogP contribution in [0.25, 0.3) is 11.0 Å². The molecule has 0 N–H and O–H groups in total. The number of aryl methyl sites for hydroxylation is 1. The van der Waals surface area contributed by atoms with Crippen LogP contribution in [0, 0.1) is 12.7 Å². The Kier molecular flexibility index (Phi) is 5.21. The van der Waals surface area contributed by atoms with E-state index in [4.69, 9.17) is 9.15 Å². The van der Waals surface area contributed by atoms with E-state index in [2.05, 4.69) is 0 Å². The fourth-order valence-corrected chi connectivity index (χ4v) is 4.33. The van der Waals surface area contributed by atoms with E-state index in [0.717, 1.165) is 22.8 Å². The molecule has 1 aliphatic rings. The Labute approximate surface area is 190 Å². The molecule has 0 fully saturated rings. The van der Waals surface area contributed by atoms with E-state index >= 15 is 0 Å². The minimum atomic E-state index is -0.682. The van der Waals surface area contributed by atoms with E-state index in [1.54, 1.807) is 4.90 Å². The Hall–Kier alpha value is -3.93. The first-order chi connectivity index (χ1) is 16.0. The van der Waals surface area contributed by atoms with E-state index in [1.165, 1.54) is 12.1 Å². The second-order valence-electron chi connectivity index (χ2n) is 8.14. The highest BCUT2D eigenvalue weighted by Gasteiger charge is 2.42. The molecule has 0 aliphatic carbocycles. The van der Waals surface area contributed by atoms with Crippen LogP contribution in [0.3, 0.4) is 0 Å². The van der Waals surface area contributed by atoms with Crippen molar-refractivity contribution in [2.75, 3.05) is 6.61 Å². The van der Waals surface area contributed by atoms with Gasteiger partial charge in [-0.2, -0.15) is 0 Å². The van der Waals surface area contributed by atoms with Crippen LogP contribution in [0.2, 0.25) is 0 Å². The van der Waals surface area contributed by atoms with Gasteiger partial charge in [0.2, 0.25) is 5.76 Å². The van der Waals surface area contributed by atoms with Gasteiger partial charge in [0.05, 0.1) is 23.6 Å². The lowest BCUT2D eigenvalue weighted by atomic mass is 9.98. The third-order valence-corrected chi connectivity index (χ3v) is 5.89. The Balaban J connectivity index is 1.71. The summed E-state index contributed by atoms with van der Waals surface area (Å²) in [5, 5.41) is 0.115. The predicted octanol–water partition coefficient (Wildman–Crippen LogP) is 5.38. The zero-order valence-corrected chi connectivity index (χ0v) is 18.3. The quantitative estimate of drug-likeness (QED) is 0.415. The summed E-state index contributed by atoms with van der Waals surface area (Å²) < 4.78 is 25.5. The minimum absolute atomic E-state index is 0.00182. The average molecular weight is 443 g/mol. The molecule has 1 unspecified atom stereocenters. The number of nitrogens with zero attached hydrogens (tertiary/aromatic N) is 1. The van der Waals surface area contributed by atoms with Crippen molar-refractivity contribution in [1.29, 1.82) is 0 Å². The third-order valence-electron chi connectivity index (χ3n) is 5.89. The van der Waals surface area contributed by atoms with Gasteiger partial charge in [-0.1, -0.05) is 42.0 Å². The summed E-state index contributed by atoms with van der Waals surface area (Å²) in [4.78, 5) is 28.7. The molecule has 3 aromatic carbocycles. The number of hydrogen-bond donors (Lipinski definition) is 0. The van der Waals surface area contributed by atoms with Gasteiger partial charge in [-0.05, 0) is 55.3 Å². The Morgan fingerprint density at radius 3 is 2.58 bits per heavy atom. The van der Waals surface area contributed by atoms with Crippen molar-refractivity contribution in [3.05, 3.63) is 111 Å². The van der Waals surface area contributed by atoms with Gasteiger partial charge in [-0.25, -0.2) is 4.39 Å². The molecule has 166 valence electrons. The number of benzene rings is 3. The summed E-state index contributed by atoms with van der Waals surface area (Å²) in [5.41, 5.74) is 2.77. The zero-order chi connectivity index (χ0) is 23.1. The summed E-state index contributed by atoms with van der Waals surface area (Å²) in [6.07, 6.45) is 0. The molecule has 0 bridgehead atoms. The van der Waals surface area contributed by atoms with E-state index in [0.29, 0.717) is 12.4 Å². The number of rotatable bonds is 5. The van der Waals surface area contributed by atoms with Crippen molar-refractivity contribution in [3.8, 4) is 5.75 Å². The second-order valence-corrected chi connectivity index (χ2v) is 8.14.